The summed E-state index contributed by atoms with van der Waals surface area (Å²) < 4.78 is 24.8. The van der Waals surface area contributed by atoms with Crippen molar-refractivity contribution in [2.75, 3.05) is 6.61 Å². The Morgan fingerprint density at radius 3 is 1.92 bits per heavy atom. The van der Waals surface area contributed by atoms with Crippen LogP contribution in [0.15, 0.2) is 103 Å². The molecule has 5 atom stereocenters. The molecule has 1 saturated heterocycles. The third kappa shape index (κ3) is 8.10. The summed E-state index contributed by atoms with van der Waals surface area (Å²) in [6.07, 6.45) is 3.46. The predicted octanol–water partition coefficient (Wildman–Crippen LogP) is 7.20. The normalized spacial score (nSPS) is 24.2. The molecule has 2 amide bonds. The second-order valence-corrected chi connectivity index (χ2v) is 18.6. The largest absolute Gasteiger partial charge is 0.459 e. The van der Waals surface area contributed by atoms with Crippen LogP contribution in [0.1, 0.15) is 49.3 Å². The molecule has 1 fully saturated rings. The molecule has 1 aliphatic heterocycles. The monoisotopic (exact) mass is 699 g/mol. The number of aliphatic hydroxyl groups excluding tert-OH is 1. The van der Waals surface area contributed by atoms with Crippen molar-refractivity contribution in [1.82, 2.24) is 4.90 Å². The molecular formula is C40H49NO8Si. The molecule has 10 heteroatoms. The van der Waals surface area contributed by atoms with E-state index < -0.39 is 55.4 Å². The molecule has 2 aliphatic rings. The Bertz CT molecular complexity index is 1610. The molecule has 3 aromatic carbocycles. The summed E-state index contributed by atoms with van der Waals surface area (Å²) in [7, 11) is -2.63. The van der Waals surface area contributed by atoms with Crippen LogP contribution >= 0.6 is 0 Å². The zero-order chi connectivity index (χ0) is 35.8. The summed E-state index contributed by atoms with van der Waals surface area (Å²) in [5, 5.41) is 12.6. The van der Waals surface area contributed by atoms with Gasteiger partial charge >= 0.3 is 12.1 Å². The van der Waals surface area contributed by atoms with Crippen LogP contribution < -0.4 is 0 Å². The van der Waals surface area contributed by atoms with Crippen LogP contribution in [0.2, 0.25) is 19.6 Å². The molecule has 50 heavy (non-hydrogen) atoms. The lowest BCUT2D eigenvalue weighted by Crippen LogP contribution is -2.74. The van der Waals surface area contributed by atoms with E-state index in [1.54, 1.807) is 19.1 Å². The summed E-state index contributed by atoms with van der Waals surface area (Å²) in [5.74, 6) is -3.22. The molecule has 9 nitrogen and oxygen atoms in total. The average molecular weight is 700 g/mol. The molecule has 5 rings (SSSR count). The number of rotatable bonds is 14. The lowest BCUT2D eigenvalue weighted by molar-refractivity contribution is -0.188. The standard InChI is InChI=1S/C40H49NO8Si/c1-39(49-50(2,3)4)34(25-26-46-27-30-17-9-5-10-18-30)36(43)41(38(45)48-29-32-21-13-7-14-22-32)40(39,35(42)33-23-15-8-16-24-33)37(44)47-28-31-19-11-6-12-20-31/h5-7,9-15,17-23,33-35,42H,8,16,24-29H2,1-4H3/t33-,34+,35+,39+,40+/m1/s1. The smallest absolute Gasteiger partial charge is 0.418 e. The fourth-order valence-electron chi connectivity index (χ4n) is 7.31. The van der Waals surface area contributed by atoms with Gasteiger partial charge in [0.05, 0.1) is 18.6 Å². The second kappa shape index (κ2) is 16.3. The topological polar surface area (TPSA) is 112 Å². The highest BCUT2D eigenvalue weighted by Crippen LogP contribution is 2.53. The third-order valence-corrected chi connectivity index (χ3v) is 10.5. The highest BCUT2D eigenvalue weighted by atomic mass is 28.4. The molecule has 0 spiro atoms. The first-order valence-corrected chi connectivity index (χ1v) is 20.8. The number of carbonyl (C=O) groups is 3. The Kier molecular flexibility index (Phi) is 12.1. The van der Waals surface area contributed by atoms with E-state index in [1.165, 1.54) is 0 Å². The maximum absolute atomic E-state index is 15.0. The SMILES string of the molecule is C[C@]1(O[Si](C)(C)C)[C@@H](CCOCc2ccccc2)C(=O)N(C(=O)OCc2ccccc2)[C@]1(C(=O)OCc1ccccc1)[C@@H](O)[C@@H]1C=CCCC1. The Balaban J connectivity index is 1.61. The van der Waals surface area contributed by atoms with Gasteiger partial charge in [0.25, 0.3) is 0 Å². The van der Waals surface area contributed by atoms with Gasteiger partial charge < -0.3 is 23.7 Å². The first kappa shape index (κ1) is 37.2. The molecule has 266 valence electrons. The molecule has 1 heterocycles. The van der Waals surface area contributed by atoms with Gasteiger partial charge in [-0.05, 0) is 68.9 Å². The molecule has 3 aromatic rings. The van der Waals surface area contributed by atoms with Gasteiger partial charge in [0, 0.05) is 12.5 Å². The molecular weight excluding hydrogens is 651 g/mol. The molecule has 0 bridgehead atoms. The van der Waals surface area contributed by atoms with Crippen molar-refractivity contribution in [2.45, 2.75) is 89.3 Å². The Hall–Kier alpha value is -4.09. The van der Waals surface area contributed by atoms with Crippen LogP contribution in [0, 0.1) is 11.8 Å². The van der Waals surface area contributed by atoms with E-state index in [0.29, 0.717) is 24.2 Å². The van der Waals surface area contributed by atoms with E-state index in [9.17, 15) is 14.7 Å². The minimum atomic E-state index is -2.63. The van der Waals surface area contributed by atoms with Gasteiger partial charge in [0.15, 0.2) is 8.32 Å². The summed E-state index contributed by atoms with van der Waals surface area (Å²) >= 11 is 0. The highest BCUT2D eigenvalue weighted by Gasteiger charge is 2.77. The van der Waals surface area contributed by atoms with E-state index in [4.69, 9.17) is 18.6 Å². The fourth-order valence-corrected chi connectivity index (χ4v) is 8.88. The zero-order valence-electron chi connectivity index (χ0n) is 29.5. The van der Waals surface area contributed by atoms with Crippen molar-refractivity contribution in [3.05, 3.63) is 120 Å². The Morgan fingerprint density at radius 2 is 1.40 bits per heavy atom. The van der Waals surface area contributed by atoms with Gasteiger partial charge in [-0.2, -0.15) is 0 Å². The van der Waals surface area contributed by atoms with Gasteiger partial charge in [-0.15, -0.1) is 0 Å². The van der Waals surface area contributed by atoms with Crippen molar-refractivity contribution < 1.29 is 38.1 Å². The number of nitrogens with zero attached hydrogens (tertiary/aromatic N) is 1. The lowest BCUT2D eigenvalue weighted by atomic mass is 9.67. The first-order chi connectivity index (χ1) is 24.0. The van der Waals surface area contributed by atoms with E-state index in [-0.39, 0.29) is 26.2 Å². The van der Waals surface area contributed by atoms with E-state index in [2.05, 4.69) is 0 Å². The molecule has 0 unspecified atom stereocenters. The van der Waals surface area contributed by atoms with Crippen molar-refractivity contribution >= 4 is 26.3 Å². The number of likely N-dealkylation sites (tertiary alicyclic amines) is 1. The van der Waals surface area contributed by atoms with E-state index >= 15 is 4.79 Å². The van der Waals surface area contributed by atoms with Crippen LogP contribution in [0.3, 0.4) is 0 Å². The maximum atomic E-state index is 15.0. The summed E-state index contributed by atoms with van der Waals surface area (Å²) in [5.41, 5.74) is -1.62. The number of allylic oxidation sites excluding steroid dienone is 1. The van der Waals surface area contributed by atoms with Crippen molar-refractivity contribution in [3.63, 3.8) is 0 Å². The van der Waals surface area contributed by atoms with Gasteiger partial charge in [-0.1, -0.05) is 103 Å². The number of ether oxygens (including phenoxy) is 3. The molecule has 1 N–H and O–H groups in total. The molecule has 0 radical (unpaired) electrons. The fraction of sp³-hybridized carbons (Fsp3) is 0.425. The number of hydrogen-bond acceptors (Lipinski definition) is 8. The number of benzene rings is 3. The van der Waals surface area contributed by atoms with Gasteiger partial charge in [-0.3, -0.25) is 4.79 Å². The minimum absolute atomic E-state index is 0.121. The van der Waals surface area contributed by atoms with Crippen molar-refractivity contribution in [3.8, 4) is 0 Å². The Morgan fingerprint density at radius 1 is 0.860 bits per heavy atom. The zero-order valence-corrected chi connectivity index (χ0v) is 30.5. The quantitative estimate of drug-likeness (QED) is 0.0815. The van der Waals surface area contributed by atoms with Gasteiger partial charge in [-0.25, -0.2) is 14.5 Å². The number of esters is 1. The lowest BCUT2D eigenvalue weighted by Gasteiger charge is -2.51. The van der Waals surface area contributed by atoms with Crippen molar-refractivity contribution in [1.29, 1.82) is 0 Å². The number of amides is 2. The van der Waals surface area contributed by atoms with E-state index in [0.717, 1.165) is 23.3 Å². The third-order valence-electron chi connectivity index (χ3n) is 9.51. The summed E-state index contributed by atoms with van der Waals surface area (Å²) in [6, 6.07) is 27.9. The summed E-state index contributed by atoms with van der Waals surface area (Å²) in [4.78, 5) is 45.1. The second-order valence-electron chi connectivity index (χ2n) is 14.2. The van der Waals surface area contributed by atoms with Gasteiger partial charge in [0.1, 0.15) is 18.8 Å². The minimum Gasteiger partial charge on any atom is -0.459 e. The average Bonchev–Trinajstić information content (AvgIpc) is 3.30. The predicted molar refractivity (Wildman–Crippen MR) is 192 cm³/mol. The van der Waals surface area contributed by atoms with Crippen LogP contribution in [0.5, 0.6) is 0 Å². The number of aliphatic hydroxyl groups is 1. The van der Waals surface area contributed by atoms with Crippen molar-refractivity contribution in [2.24, 2.45) is 11.8 Å². The highest BCUT2D eigenvalue weighted by molar-refractivity contribution is 6.69. The van der Waals surface area contributed by atoms with Crippen LogP contribution in [-0.4, -0.2) is 60.1 Å². The van der Waals surface area contributed by atoms with E-state index in [1.807, 2.05) is 111 Å². The maximum Gasteiger partial charge on any atom is 0.418 e. The van der Waals surface area contributed by atoms with Crippen LogP contribution in [0.25, 0.3) is 0 Å². The molecule has 0 aromatic heterocycles. The van der Waals surface area contributed by atoms with Crippen LogP contribution in [-0.2, 0) is 48.0 Å². The first-order valence-electron chi connectivity index (χ1n) is 17.4. The number of carbonyl (C=O) groups excluding carboxylic acids is 3. The number of hydrogen-bond donors (Lipinski definition) is 1. The van der Waals surface area contributed by atoms with Gasteiger partial charge in [0.2, 0.25) is 11.4 Å². The molecule has 1 aliphatic carbocycles. The summed E-state index contributed by atoms with van der Waals surface area (Å²) in [6.45, 7) is 7.71. The molecule has 0 saturated carbocycles. The number of imide groups is 1. The van der Waals surface area contributed by atoms with Crippen LogP contribution in [0.4, 0.5) is 4.79 Å². The Labute approximate surface area is 296 Å².